The SMILES string of the molecule is CCC(CC)(CC)CC1NC(C(=O)OC[C@@H](O)CC(N)=O)C(c2cccc(Cl)c2F)C1(C#N)c1ccc(Cl)cc1F. The molecule has 1 fully saturated rings. The Morgan fingerprint density at radius 3 is 2.41 bits per heavy atom. The van der Waals surface area contributed by atoms with Gasteiger partial charge in [0, 0.05) is 22.5 Å². The summed E-state index contributed by atoms with van der Waals surface area (Å²) in [6.07, 6.45) is 0.787. The van der Waals surface area contributed by atoms with Crippen molar-refractivity contribution in [2.24, 2.45) is 11.1 Å². The Morgan fingerprint density at radius 1 is 1.20 bits per heavy atom. The maximum atomic E-state index is 15.8. The van der Waals surface area contributed by atoms with Crippen molar-refractivity contribution in [3.8, 4) is 6.07 Å². The summed E-state index contributed by atoms with van der Waals surface area (Å²) in [5, 5.41) is 24.1. The van der Waals surface area contributed by atoms with Gasteiger partial charge in [0.2, 0.25) is 5.91 Å². The van der Waals surface area contributed by atoms with Crippen LogP contribution < -0.4 is 11.1 Å². The first-order chi connectivity index (χ1) is 19.4. The van der Waals surface area contributed by atoms with Crippen LogP contribution in [0.2, 0.25) is 10.0 Å². The maximum absolute atomic E-state index is 15.8. The van der Waals surface area contributed by atoms with Crippen LogP contribution in [0.5, 0.6) is 0 Å². The van der Waals surface area contributed by atoms with Crippen molar-refractivity contribution in [2.45, 2.75) is 82.4 Å². The molecule has 41 heavy (non-hydrogen) atoms. The summed E-state index contributed by atoms with van der Waals surface area (Å²) in [5.41, 5.74) is 2.92. The van der Waals surface area contributed by atoms with Crippen LogP contribution in [0.3, 0.4) is 0 Å². The number of carbonyl (C=O) groups excluding carboxylic acids is 2. The molecule has 4 N–H and O–H groups in total. The first kappa shape index (κ1) is 32.7. The Balaban J connectivity index is 2.28. The number of rotatable bonds is 12. The van der Waals surface area contributed by atoms with Crippen molar-refractivity contribution in [3.05, 3.63) is 69.2 Å². The van der Waals surface area contributed by atoms with Crippen LogP contribution in [0.4, 0.5) is 8.78 Å². The van der Waals surface area contributed by atoms with Crippen LogP contribution in [-0.2, 0) is 19.7 Å². The lowest BCUT2D eigenvalue weighted by atomic mass is 9.61. The van der Waals surface area contributed by atoms with Crippen molar-refractivity contribution >= 4 is 35.1 Å². The van der Waals surface area contributed by atoms with Crippen LogP contribution in [0.15, 0.2) is 36.4 Å². The van der Waals surface area contributed by atoms with Crippen LogP contribution in [0, 0.1) is 28.4 Å². The van der Waals surface area contributed by atoms with E-state index in [1.165, 1.54) is 30.3 Å². The fourth-order valence-electron chi connectivity index (χ4n) is 6.10. The molecular formula is C30H35Cl2F2N3O4. The van der Waals surface area contributed by atoms with E-state index in [1.807, 2.05) is 20.8 Å². The summed E-state index contributed by atoms with van der Waals surface area (Å²) in [6, 6.07) is 8.27. The van der Waals surface area contributed by atoms with E-state index in [0.717, 1.165) is 25.3 Å². The van der Waals surface area contributed by atoms with Crippen molar-refractivity contribution in [1.82, 2.24) is 5.32 Å². The average Bonchev–Trinajstić information content (AvgIpc) is 3.25. The lowest BCUT2D eigenvalue weighted by Gasteiger charge is -2.40. The molecule has 3 rings (SSSR count). The van der Waals surface area contributed by atoms with E-state index >= 15 is 8.78 Å². The number of benzene rings is 2. The van der Waals surface area contributed by atoms with E-state index in [0.29, 0.717) is 6.42 Å². The summed E-state index contributed by atoms with van der Waals surface area (Å²) in [5.74, 6) is -4.63. The van der Waals surface area contributed by atoms with Gasteiger partial charge < -0.3 is 15.6 Å². The third kappa shape index (κ3) is 6.51. The molecule has 1 heterocycles. The number of aliphatic hydroxyl groups excluding tert-OH is 1. The van der Waals surface area contributed by atoms with Crippen LogP contribution in [0.25, 0.3) is 0 Å². The van der Waals surface area contributed by atoms with Gasteiger partial charge in [0.25, 0.3) is 0 Å². The van der Waals surface area contributed by atoms with E-state index in [2.05, 4.69) is 11.4 Å². The number of nitrogens with one attached hydrogen (secondary N) is 1. The number of hydrogen-bond acceptors (Lipinski definition) is 6. The minimum atomic E-state index is -1.81. The number of nitriles is 1. The van der Waals surface area contributed by atoms with Gasteiger partial charge in [0.1, 0.15) is 29.7 Å². The number of esters is 1. The summed E-state index contributed by atoms with van der Waals surface area (Å²) in [6.45, 7) is 5.52. The smallest absolute Gasteiger partial charge is 0.323 e. The Morgan fingerprint density at radius 2 is 1.85 bits per heavy atom. The quantitative estimate of drug-likeness (QED) is 0.271. The fraction of sp³-hybridized carbons (Fsp3) is 0.500. The number of nitrogens with zero attached hydrogens (tertiary/aromatic N) is 1. The standard InChI is InChI=1S/C30H35Cl2F2N3O4/c1-4-29(5-2,6-3)14-23-30(16-35,20-11-10-17(31)12-22(20)33)25(19-8-7-9-21(32)26(19)34)27(37-23)28(40)41-15-18(38)13-24(36)39/h7-12,18,23,25,27,37-38H,4-6,13-15H2,1-3H3,(H2,36,39)/t18-,23?,25?,27?,30?/m0/s1. The molecule has 11 heteroatoms. The molecule has 0 spiro atoms. The van der Waals surface area contributed by atoms with Crippen LogP contribution in [0.1, 0.15) is 69.9 Å². The maximum Gasteiger partial charge on any atom is 0.323 e. The largest absolute Gasteiger partial charge is 0.462 e. The molecule has 1 aliphatic rings. The molecule has 2 aromatic carbocycles. The Kier molecular flexibility index (Phi) is 10.8. The van der Waals surface area contributed by atoms with E-state index in [1.54, 1.807) is 0 Å². The number of aliphatic hydroxyl groups is 1. The molecule has 2 aromatic rings. The highest BCUT2D eigenvalue weighted by Gasteiger charge is 2.62. The second-order valence-electron chi connectivity index (χ2n) is 10.6. The summed E-state index contributed by atoms with van der Waals surface area (Å²) < 4.78 is 36.9. The zero-order valence-corrected chi connectivity index (χ0v) is 24.7. The molecule has 0 aliphatic carbocycles. The van der Waals surface area contributed by atoms with Crippen molar-refractivity contribution in [2.75, 3.05) is 6.61 Å². The zero-order chi connectivity index (χ0) is 30.5. The normalized spacial score (nSPS) is 23.1. The second-order valence-corrected chi connectivity index (χ2v) is 11.5. The van der Waals surface area contributed by atoms with Gasteiger partial charge in [-0.05, 0) is 35.6 Å². The minimum Gasteiger partial charge on any atom is -0.462 e. The predicted octanol–water partition coefficient (Wildman–Crippen LogP) is 5.54. The summed E-state index contributed by atoms with van der Waals surface area (Å²) in [7, 11) is 0. The number of nitrogens with two attached hydrogens (primary N) is 1. The van der Waals surface area contributed by atoms with Gasteiger partial charge in [0.15, 0.2) is 0 Å². The third-order valence-electron chi connectivity index (χ3n) is 8.63. The molecular weight excluding hydrogens is 575 g/mol. The molecule has 0 aromatic heterocycles. The highest BCUT2D eigenvalue weighted by molar-refractivity contribution is 6.31. The molecule has 4 unspecified atom stereocenters. The molecule has 5 atom stereocenters. The predicted molar refractivity (Wildman–Crippen MR) is 152 cm³/mol. The number of halogens is 4. The van der Waals surface area contributed by atoms with Gasteiger partial charge in [0.05, 0.1) is 23.6 Å². The molecule has 0 radical (unpaired) electrons. The number of hydrogen-bond donors (Lipinski definition) is 3. The number of amides is 1. The Bertz CT molecular complexity index is 1310. The third-order valence-corrected chi connectivity index (χ3v) is 9.16. The van der Waals surface area contributed by atoms with Crippen molar-refractivity contribution in [1.29, 1.82) is 5.26 Å². The summed E-state index contributed by atoms with van der Waals surface area (Å²) >= 11 is 12.2. The molecule has 1 aliphatic heterocycles. The van der Waals surface area contributed by atoms with E-state index < -0.39 is 66.1 Å². The van der Waals surface area contributed by atoms with Crippen LogP contribution in [-0.4, -0.2) is 41.8 Å². The zero-order valence-electron chi connectivity index (χ0n) is 23.2. The molecule has 1 saturated heterocycles. The summed E-state index contributed by atoms with van der Waals surface area (Å²) in [4.78, 5) is 24.8. The molecule has 0 saturated carbocycles. The minimum absolute atomic E-state index is 0.0486. The topological polar surface area (TPSA) is 125 Å². The van der Waals surface area contributed by atoms with E-state index in [-0.39, 0.29) is 26.6 Å². The molecule has 222 valence electrons. The van der Waals surface area contributed by atoms with Gasteiger partial charge in [-0.15, -0.1) is 0 Å². The number of carbonyl (C=O) groups is 2. The molecule has 1 amide bonds. The lowest BCUT2D eigenvalue weighted by molar-refractivity contribution is -0.150. The van der Waals surface area contributed by atoms with Gasteiger partial charge in [-0.2, -0.15) is 5.26 Å². The Hall–Kier alpha value is -2.77. The van der Waals surface area contributed by atoms with Gasteiger partial charge in [-0.25, -0.2) is 8.78 Å². The monoisotopic (exact) mass is 609 g/mol. The second kappa shape index (κ2) is 13.5. The highest BCUT2D eigenvalue weighted by Crippen LogP contribution is 2.54. The highest BCUT2D eigenvalue weighted by atomic mass is 35.5. The average molecular weight is 611 g/mol. The number of ether oxygens (including phenoxy) is 1. The van der Waals surface area contributed by atoms with Crippen molar-refractivity contribution < 1.29 is 28.2 Å². The fourth-order valence-corrected chi connectivity index (χ4v) is 6.44. The molecule has 0 bridgehead atoms. The molecule has 7 nitrogen and oxygen atoms in total. The first-order valence-electron chi connectivity index (χ1n) is 13.6. The van der Waals surface area contributed by atoms with Crippen molar-refractivity contribution in [3.63, 3.8) is 0 Å². The van der Waals surface area contributed by atoms with Crippen LogP contribution >= 0.6 is 23.2 Å². The lowest BCUT2D eigenvalue weighted by Crippen LogP contribution is -2.46. The van der Waals surface area contributed by atoms with Gasteiger partial charge in [-0.1, -0.05) is 81.4 Å². The number of primary amides is 1. The van der Waals surface area contributed by atoms with E-state index in [9.17, 15) is 20.0 Å². The Labute approximate surface area is 249 Å². The van der Waals surface area contributed by atoms with Gasteiger partial charge >= 0.3 is 5.97 Å². The van der Waals surface area contributed by atoms with Gasteiger partial charge in [-0.3, -0.25) is 14.9 Å². The first-order valence-corrected chi connectivity index (χ1v) is 14.3. The van der Waals surface area contributed by atoms with E-state index in [4.69, 9.17) is 33.7 Å².